The van der Waals surface area contributed by atoms with Crippen LogP contribution < -0.4 is 10.6 Å². The number of benzene rings is 3. The number of nitrogens with one attached hydrogen (secondary N) is 2. The maximum absolute atomic E-state index is 13.3. The average molecular weight is 494 g/mol. The fourth-order valence-electron chi connectivity index (χ4n) is 3.20. The fourth-order valence-corrected chi connectivity index (χ4v) is 3.99. The lowest BCUT2D eigenvalue weighted by Gasteiger charge is -2.11. The van der Waals surface area contributed by atoms with Crippen LogP contribution in [0.15, 0.2) is 78.0 Å². The summed E-state index contributed by atoms with van der Waals surface area (Å²) >= 11 is 1.18. The minimum atomic E-state index is -1.07. The van der Waals surface area contributed by atoms with Gasteiger partial charge in [0.1, 0.15) is 0 Å². The highest BCUT2D eigenvalue weighted by Gasteiger charge is 2.17. The second-order valence-corrected chi connectivity index (χ2v) is 8.53. The number of rotatable bonds is 8. The third-order valence-electron chi connectivity index (χ3n) is 4.94. The number of halogens is 2. The van der Waals surface area contributed by atoms with Crippen LogP contribution in [0.1, 0.15) is 5.56 Å². The van der Waals surface area contributed by atoms with E-state index in [0.717, 1.165) is 28.9 Å². The van der Waals surface area contributed by atoms with Crippen molar-refractivity contribution in [2.24, 2.45) is 0 Å². The second-order valence-electron chi connectivity index (χ2n) is 7.59. The Morgan fingerprint density at radius 3 is 2.37 bits per heavy atom. The van der Waals surface area contributed by atoms with Crippen molar-refractivity contribution in [2.75, 3.05) is 17.6 Å². The molecule has 1 aromatic heterocycles. The van der Waals surface area contributed by atoms with Gasteiger partial charge in [-0.15, -0.1) is 10.2 Å². The third kappa shape index (κ3) is 6.10. The van der Waals surface area contributed by atoms with Gasteiger partial charge in [-0.3, -0.25) is 14.2 Å². The summed E-state index contributed by atoms with van der Waals surface area (Å²) in [4.78, 5) is 24.4. The summed E-state index contributed by atoms with van der Waals surface area (Å²) < 4.78 is 28.2. The van der Waals surface area contributed by atoms with Gasteiger partial charge in [0.05, 0.1) is 12.3 Å². The number of nitrogens with zero attached hydrogens (tertiary/aromatic N) is 3. The van der Waals surface area contributed by atoms with Gasteiger partial charge in [0, 0.05) is 23.0 Å². The van der Waals surface area contributed by atoms with Crippen LogP contribution in [0.25, 0.3) is 17.1 Å². The Bertz CT molecular complexity index is 1340. The first kappa shape index (κ1) is 24.1. The molecule has 0 aliphatic rings. The van der Waals surface area contributed by atoms with Gasteiger partial charge in [-0.2, -0.15) is 0 Å². The van der Waals surface area contributed by atoms with Crippen LogP contribution in [0.4, 0.5) is 14.5 Å². The van der Waals surface area contributed by atoms with E-state index >= 15 is 0 Å². The zero-order chi connectivity index (χ0) is 24.8. The van der Waals surface area contributed by atoms with Gasteiger partial charge in [0.25, 0.3) is 0 Å². The lowest BCUT2D eigenvalue weighted by Crippen LogP contribution is -2.34. The molecule has 0 bridgehead atoms. The van der Waals surface area contributed by atoms with E-state index in [2.05, 4.69) is 20.8 Å². The van der Waals surface area contributed by atoms with Crippen LogP contribution in [0.2, 0.25) is 0 Å². The van der Waals surface area contributed by atoms with Crippen LogP contribution in [0.3, 0.4) is 0 Å². The van der Waals surface area contributed by atoms with E-state index in [9.17, 15) is 18.4 Å². The predicted octanol–water partition coefficient (Wildman–Crippen LogP) is 4.37. The maximum Gasteiger partial charge on any atom is 0.243 e. The van der Waals surface area contributed by atoms with Gasteiger partial charge in [-0.05, 0) is 31.2 Å². The number of aromatic nitrogens is 3. The SMILES string of the molecule is Cc1ccc(-n2c(SCC(=O)NCC(=O)Nc3ccc(F)c(F)c3)nnc2-c2ccccc2)cc1. The second kappa shape index (κ2) is 10.9. The Kier molecular flexibility index (Phi) is 7.51. The molecule has 7 nitrogen and oxygen atoms in total. The lowest BCUT2D eigenvalue weighted by atomic mass is 10.2. The molecule has 4 rings (SSSR count). The van der Waals surface area contributed by atoms with Crippen LogP contribution in [-0.2, 0) is 9.59 Å². The molecule has 0 spiro atoms. The highest BCUT2D eigenvalue weighted by atomic mass is 32.2. The minimum Gasteiger partial charge on any atom is -0.346 e. The van der Waals surface area contributed by atoms with Gasteiger partial charge >= 0.3 is 0 Å². The van der Waals surface area contributed by atoms with Crippen molar-refractivity contribution in [1.29, 1.82) is 0 Å². The van der Waals surface area contributed by atoms with Gasteiger partial charge in [-0.1, -0.05) is 59.8 Å². The fraction of sp³-hybridized carbons (Fsp3) is 0.120. The summed E-state index contributed by atoms with van der Waals surface area (Å²) in [7, 11) is 0. The van der Waals surface area contributed by atoms with E-state index in [-0.39, 0.29) is 18.0 Å². The van der Waals surface area contributed by atoms with Crippen molar-refractivity contribution in [2.45, 2.75) is 12.1 Å². The predicted molar refractivity (Wildman–Crippen MR) is 130 cm³/mol. The van der Waals surface area contributed by atoms with Gasteiger partial charge in [0.15, 0.2) is 22.6 Å². The van der Waals surface area contributed by atoms with Crippen molar-refractivity contribution in [1.82, 2.24) is 20.1 Å². The number of amides is 2. The molecule has 0 aliphatic heterocycles. The standard InChI is InChI=1S/C25H21F2N5O2S/c1-16-7-10-19(11-8-16)32-24(17-5-3-2-4-6-17)30-31-25(32)35-15-23(34)28-14-22(33)29-18-9-12-20(26)21(27)13-18/h2-13H,14-15H2,1H3,(H,28,34)(H,29,33). The minimum absolute atomic E-state index is 0.00274. The van der Waals surface area contributed by atoms with Gasteiger partial charge < -0.3 is 10.6 Å². The molecule has 0 saturated heterocycles. The van der Waals surface area contributed by atoms with E-state index in [1.165, 1.54) is 17.8 Å². The van der Waals surface area contributed by atoms with Crippen molar-refractivity contribution >= 4 is 29.3 Å². The summed E-state index contributed by atoms with van der Waals surface area (Å²) in [5, 5.41) is 14.0. The number of anilines is 1. The van der Waals surface area contributed by atoms with Crippen LogP contribution in [0.5, 0.6) is 0 Å². The molecule has 2 amide bonds. The number of hydrogen-bond donors (Lipinski definition) is 2. The third-order valence-corrected chi connectivity index (χ3v) is 5.87. The van der Waals surface area contributed by atoms with E-state index in [4.69, 9.17) is 0 Å². The maximum atomic E-state index is 13.3. The van der Waals surface area contributed by atoms with E-state index in [1.807, 2.05) is 66.1 Å². The molecule has 0 saturated carbocycles. The molecule has 3 aromatic carbocycles. The first-order chi connectivity index (χ1) is 16.9. The molecule has 0 unspecified atom stereocenters. The zero-order valence-electron chi connectivity index (χ0n) is 18.7. The Morgan fingerprint density at radius 2 is 1.66 bits per heavy atom. The summed E-state index contributed by atoms with van der Waals surface area (Å²) in [5.74, 6) is -2.41. The van der Waals surface area contributed by atoms with Gasteiger partial charge in [0.2, 0.25) is 11.8 Å². The zero-order valence-corrected chi connectivity index (χ0v) is 19.5. The molecular weight excluding hydrogens is 472 g/mol. The first-order valence-corrected chi connectivity index (χ1v) is 11.6. The molecule has 1 heterocycles. The molecular formula is C25H21F2N5O2S. The summed E-state index contributed by atoms with van der Waals surface area (Å²) in [6, 6.07) is 20.5. The highest BCUT2D eigenvalue weighted by Crippen LogP contribution is 2.28. The van der Waals surface area contributed by atoms with Crippen molar-refractivity contribution in [3.63, 3.8) is 0 Å². The molecule has 35 heavy (non-hydrogen) atoms. The normalized spacial score (nSPS) is 10.7. The van der Waals surface area contributed by atoms with Crippen LogP contribution in [0, 0.1) is 18.6 Å². The van der Waals surface area contributed by atoms with Crippen molar-refractivity contribution in [3.8, 4) is 17.1 Å². The number of carbonyl (C=O) groups is 2. The number of carbonyl (C=O) groups excluding carboxylic acids is 2. The summed E-state index contributed by atoms with van der Waals surface area (Å²) in [5.41, 5.74) is 2.94. The molecule has 0 radical (unpaired) electrons. The first-order valence-electron chi connectivity index (χ1n) is 10.6. The van der Waals surface area contributed by atoms with E-state index in [1.54, 1.807) is 0 Å². The molecule has 0 aliphatic carbocycles. The molecule has 178 valence electrons. The summed E-state index contributed by atoms with van der Waals surface area (Å²) in [6.45, 7) is 1.68. The Balaban J connectivity index is 1.41. The number of aryl methyl sites for hydroxylation is 1. The number of hydrogen-bond acceptors (Lipinski definition) is 5. The largest absolute Gasteiger partial charge is 0.346 e. The average Bonchev–Trinajstić information content (AvgIpc) is 3.29. The highest BCUT2D eigenvalue weighted by molar-refractivity contribution is 7.99. The topological polar surface area (TPSA) is 88.9 Å². The summed E-state index contributed by atoms with van der Waals surface area (Å²) in [6.07, 6.45) is 0. The lowest BCUT2D eigenvalue weighted by molar-refractivity contribution is -0.122. The molecule has 0 fully saturated rings. The Morgan fingerprint density at radius 1 is 0.914 bits per heavy atom. The quantitative estimate of drug-likeness (QED) is 0.356. The van der Waals surface area contributed by atoms with E-state index < -0.39 is 23.4 Å². The van der Waals surface area contributed by atoms with Crippen LogP contribution >= 0.6 is 11.8 Å². The number of thioether (sulfide) groups is 1. The van der Waals surface area contributed by atoms with E-state index in [0.29, 0.717) is 11.0 Å². The monoisotopic (exact) mass is 493 g/mol. The molecule has 2 N–H and O–H groups in total. The Labute approximate surface area is 204 Å². The molecule has 10 heteroatoms. The molecule has 4 aromatic rings. The smallest absolute Gasteiger partial charge is 0.243 e. The van der Waals surface area contributed by atoms with Crippen molar-refractivity contribution < 1.29 is 18.4 Å². The van der Waals surface area contributed by atoms with Gasteiger partial charge in [-0.25, -0.2) is 8.78 Å². The van der Waals surface area contributed by atoms with Crippen LogP contribution in [-0.4, -0.2) is 38.9 Å². The Hall–Kier alpha value is -4.05. The molecule has 0 atom stereocenters. The van der Waals surface area contributed by atoms with Crippen molar-refractivity contribution in [3.05, 3.63) is 90.0 Å².